The van der Waals surface area contributed by atoms with Gasteiger partial charge in [-0.2, -0.15) is 4.31 Å². The minimum absolute atomic E-state index is 0.0668. The van der Waals surface area contributed by atoms with Crippen LogP contribution in [0.1, 0.15) is 23.2 Å². The third-order valence-corrected chi connectivity index (χ3v) is 8.63. The first-order valence-electron chi connectivity index (χ1n) is 10.4. The highest BCUT2D eigenvalue weighted by Crippen LogP contribution is 2.37. The molecule has 0 radical (unpaired) electrons. The Kier molecular flexibility index (Phi) is 5.40. The van der Waals surface area contributed by atoms with Crippen LogP contribution in [-0.2, 0) is 10.0 Å². The number of nitrogens with zero attached hydrogens (tertiary/aromatic N) is 2. The third kappa shape index (κ3) is 4.22. The molecule has 0 atom stereocenters. The average molecular weight is 480 g/mol. The number of sulfonamides is 1. The molecular formula is C24H21N3O4S2. The summed E-state index contributed by atoms with van der Waals surface area (Å²) in [4.78, 5) is 17.5. The first-order chi connectivity index (χ1) is 15.8. The van der Waals surface area contributed by atoms with E-state index in [1.807, 2.05) is 24.3 Å². The highest BCUT2D eigenvalue weighted by atomic mass is 32.2. The number of aromatic nitrogens is 1. The van der Waals surface area contributed by atoms with E-state index in [0.717, 1.165) is 23.1 Å². The van der Waals surface area contributed by atoms with Gasteiger partial charge in [0.25, 0.3) is 5.91 Å². The summed E-state index contributed by atoms with van der Waals surface area (Å²) in [5, 5.41) is 13.8. The van der Waals surface area contributed by atoms with Crippen LogP contribution in [0.5, 0.6) is 5.75 Å². The Hall–Kier alpha value is -3.27. The third-order valence-electron chi connectivity index (χ3n) is 5.63. The summed E-state index contributed by atoms with van der Waals surface area (Å²) >= 11 is 1.46. The van der Waals surface area contributed by atoms with Crippen molar-refractivity contribution in [1.82, 2.24) is 9.29 Å². The molecule has 1 aliphatic rings. The maximum atomic E-state index is 12.8. The SMILES string of the molecule is CN(C1CC1)S(=O)(=O)c1ccc(C(=O)Nc2ccc(O)c(-c3nc4ccccc4s3)c2)cc1. The smallest absolute Gasteiger partial charge is 0.255 e. The Morgan fingerprint density at radius 1 is 1.09 bits per heavy atom. The van der Waals surface area contributed by atoms with Crippen molar-refractivity contribution in [2.75, 3.05) is 12.4 Å². The van der Waals surface area contributed by atoms with Gasteiger partial charge in [-0.15, -0.1) is 11.3 Å². The summed E-state index contributed by atoms with van der Waals surface area (Å²) in [5.41, 5.74) is 2.20. The van der Waals surface area contributed by atoms with Gasteiger partial charge in [0.15, 0.2) is 0 Å². The number of hydrogen-bond acceptors (Lipinski definition) is 6. The number of carbonyl (C=O) groups excluding carboxylic acids is 1. The van der Waals surface area contributed by atoms with Crippen molar-refractivity contribution < 1.29 is 18.3 Å². The van der Waals surface area contributed by atoms with Crippen molar-refractivity contribution >= 4 is 43.2 Å². The number of phenols is 1. The molecule has 3 aromatic carbocycles. The van der Waals surface area contributed by atoms with E-state index < -0.39 is 10.0 Å². The lowest BCUT2D eigenvalue weighted by Gasteiger charge is -2.16. The quantitative estimate of drug-likeness (QED) is 0.391. The lowest BCUT2D eigenvalue weighted by molar-refractivity contribution is 0.102. The van der Waals surface area contributed by atoms with Gasteiger partial charge in [0.1, 0.15) is 10.8 Å². The zero-order valence-electron chi connectivity index (χ0n) is 17.7. The van der Waals surface area contributed by atoms with Crippen LogP contribution in [-0.4, -0.2) is 41.8 Å². The maximum absolute atomic E-state index is 12.8. The van der Waals surface area contributed by atoms with E-state index in [0.29, 0.717) is 21.8 Å². The van der Waals surface area contributed by atoms with Crippen molar-refractivity contribution in [3.05, 3.63) is 72.3 Å². The van der Waals surface area contributed by atoms with Gasteiger partial charge >= 0.3 is 0 Å². The molecule has 0 spiro atoms. The minimum atomic E-state index is -3.56. The summed E-state index contributed by atoms with van der Waals surface area (Å²) < 4.78 is 27.7. The molecule has 0 aliphatic heterocycles. The molecule has 4 aromatic rings. The van der Waals surface area contributed by atoms with Gasteiger partial charge in [-0.1, -0.05) is 12.1 Å². The Labute approximate surface area is 195 Å². The van der Waals surface area contributed by atoms with Crippen molar-refractivity contribution in [2.24, 2.45) is 0 Å². The van der Waals surface area contributed by atoms with Crippen LogP contribution in [0.4, 0.5) is 5.69 Å². The number of benzene rings is 3. The van der Waals surface area contributed by atoms with Gasteiger partial charge in [0.05, 0.1) is 20.7 Å². The Morgan fingerprint density at radius 2 is 1.82 bits per heavy atom. The normalized spacial score (nSPS) is 14.0. The number of nitrogens with one attached hydrogen (secondary N) is 1. The number of hydrogen-bond donors (Lipinski definition) is 2. The molecule has 5 rings (SSSR count). The second kappa shape index (κ2) is 8.26. The van der Waals surface area contributed by atoms with Crippen LogP contribution in [0.3, 0.4) is 0 Å². The molecule has 1 aliphatic carbocycles. The van der Waals surface area contributed by atoms with E-state index in [2.05, 4.69) is 10.3 Å². The number of anilines is 1. The second-order valence-electron chi connectivity index (χ2n) is 7.95. The number of phenolic OH excluding ortho intramolecular Hbond substituents is 1. The van der Waals surface area contributed by atoms with Crippen LogP contribution >= 0.6 is 11.3 Å². The number of aromatic hydroxyl groups is 1. The summed E-state index contributed by atoms with van der Waals surface area (Å²) in [6, 6.07) is 18.5. The van der Waals surface area contributed by atoms with Crippen LogP contribution in [0.2, 0.25) is 0 Å². The highest BCUT2D eigenvalue weighted by Gasteiger charge is 2.35. The number of thiazole rings is 1. The fourth-order valence-corrected chi connectivity index (χ4v) is 5.96. The van der Waals surface area contributed by atoms with E-state index in [1.54, 1.807) is 19.2 Å². The molecule has 0 saturated heterocycles. The van der Waals surface area contributed by atoms with Crippen molar-refractivity contribution in [2.45, 2.75) is 23.8 Å². The first kappa shape index (κ1) is 21.6. The average Bonchev–Trinajstić information content (AvgIpc) is 3.58. The van der Waals surface area contributed by atoms with E-state index in [-0.39, 0.29) is 22.6 Å². The molecule has 9 heteroatoms. The molecule has 1 amide bonds. The Balaban J connectivity index is 1.36. The summed E-state index contributed by atoms with van der Waals surface area (Å²) in [7, 11) is -1.98. The summed E-state index contributed by atoms with van der Waals surface area (Å²) in [6.07, 6.45) is 1.75. The highest BCUT2D eigenvalue weighted by molar-refractivity contribution is 7.89. The molecule has 1 saturated carbocycles. The monoisotopic (exact) mass is 479 g/mol. The predicted molar refractivity (Wildman–Crippen MR) is 129 cm³/mol. The minimum Gasteiger partial charge on any atom is -0.507 e. The van der Waals surface area contributed by atoms with Crippen LogP contribution in [0, 0.1) is 0 Å². The van der Waals surface area contributed by atoms with E-state index in [1.165, 1.54) is 46.0 Å². The number of fused-ring (bicyclic) bond motifs is 1. The van der Waals surface area contributed by atoms with Crippen molar-refractivity contribution in [3.8, 4) is 16.3 Å². The molecule has 33 heavy (non-hydrogen) atoms. The fourth-order valence-electron chi connectivity index (χ4n) is 3.55. The van der Waals surface area contributed by atoms with Gasteiger partial charge in [0.2, 0.25) is 10.0 Å². The Bertz CT molecular complexity index is 1430. The van der Waals surface area contributed by atoms with Gasteiger partial charge in [-0.25, -0.2) is 13.4 Å². The van der Waals surface area contributed by atoms with Crippen molar-refractivity contribution in [3.63, 3.8) is 0 Å². The standard InChI is InChI=1S/C24H21N3O4S2/c1-27(17-9-10-17)33(30,31)18-11-6-15(7-12-18)23(29)25-16-8-13-21(28)19(14-16)24-26-20-4-2-3-5-22(20)32-24/h2-8,11-14,17,28H,9-10H2,1H3,(H,25,29). The van der Waals surface area contributed by atoms with E-state index >= 15 is 0 Å². The van der Waals surface area contributed by atoms with E-state index in [4.69, 9.17) is 0 Å². The fraction of sp³-hybridized carbons (Fsp3) is 0.167. The van der Waals surface area contributed by atoms with Crippen LogP contribution in [0.15, 0.2) is 71.6 Å². The Morgan fingerprint density at radius 3 is 2.52 bits per heavy atom. The predicted octanol–water partition coefficient (Wildman–Crippen LogP) is 4.70. The summed E-state index contributed by atoms with van der Waals surface area (Å²) in [6.45, 7) is 0. The number of para-hydroxylation sites is 1. The van der Waals surface area contributed by atoms with Crippen molar-refractivity contribution in [1.29, 1.82) is 0 Å². The lowest BCUT2D eigenvalue weighted by atomic mass is 10.1. The second-order valence-corrected chi connectivity index (χ2v) is 11.0. The van der Waals surface area contributed by atoms with Crippen LogP contribution in [0.25, 0.3) is 20.8 Å². The first-order valence-corrected chi connectivity index (χ1v) is 12.7. The lowest BCUT2D eigenvalue weighted by Crippen LogP contribution is -2.29. The van der Waals surface area contributed by atoms with Gasteiger partial charge in [-0.3, -0.25) is 4.79 Å². The molecular weight excluding hydrogens is 458 g/mol. The zero-order valence-corrected chi connectivity index (χ0v) is 19.4. The topological polar surface area (TPSA) is 99.6 Å². The molecule has 0 bridgehead atoms. The molecule has 7 nitrogen and oxygen atoms in total. The molecule has 1 aromatic heterocycles. The van der Waals surface area contributed by atoms with Gasteiger partial charge in [-0.05, 0) is 67.4 Å². The van der Waals surface area contributed by atoms with Gasteiger partial charge in [0, 0.05) is 24.3 Å². The summed E-state index contributed by atoms with van der Waals surface area (Å²) in [5.74, 6) is -0.308. The number of rotatable bonds is 6. The maximum Gasteiger partial charge on any atom is 0.255 e. The van der Waals surface area contributed by atoms with Gasteiger partial charge < -0.3 is 10.4 Å². The molecule has 1 fully saturated rings. The molecule has 1 heterocycles. The number of carbonyl (C=O) groups is 1. The largest absolute Gasteiger partial charge is 0.507 e. The molecule has 2 N–H and O–H groups in total. The van der Waals surface area contributed by atoms with E-state index in [9.17, 15) is 18.3 Å². The number of amides is 1. The zero-order chi connectivity index (χ0) is 23.2. The molecule has 0 unspecified atom stereocenters. The molecule has 168 valence electrons. The van der Waals surface area contributed by atoms with Crippen LogP contribution < -0.4 is 5.32 Å².